The van der Waals surface area contributed by atoms with E-state index in [4.69, 9.17) is 4.74 Å². The number of aldehydes is 1. The normalized spacial score (nSPS) is 11.6. The molecule has 0 aliphatic carbocycles. The Labute approximate surface area is 140 Å². The van der Waals surface area contributed by atoms with E-state index in [-0.39, 0.29) is 18.0 Å². The summed E-state index contributed by atoms with van der Waals surface area (Å²) in [6.07, 6.45) is 1.13. The minimum absolute atomic E-state index is 0.0264. The fraction of sp³-hybridized carbons (Fsp3) is 0.278. The van der Waals surface area contributed by atoms with Gasteiger partial charge in [0.25, 0.3) is 5.69 Å². The van der Waals surface area contributed by atoms with Crippen LogP contribution < -0.4 is 9.64 Å². The van der Waals surface area contributed by atoms with E-state index in [2.05, 4.69) is 0 Å². The topological polar surface area (TPSA) is 72.7 Å². The summed E-state index contributed by atoms with van der Waals surface area (Å²) in [6.45, 7) is 0. The first-order valence-corrected chi connectivity index (χ1v) is 7.51. The Kier molecular flexibility index (Phi) is 5.52. The molecule has 2 rings (SSSR count). The molecule has 0 N–H and O–H groups in total. The molecular weight excluding hydrogens is 308 g/mol. The molecule has 0 saturated carbocycles. The predicted molar refractivity (Wildman–Crippen MR) is 92.9 cm³/mol. The maximum absolute atomic E-state index is 11.2. The number of anilines is 1. The van der Waals surface area contributed by atoms with Crippen LogP contribution in [0.5, 0.6) is 5.75 Å². The van der Waals surface area contributed by atoms with E-state index >= 15 is 0 Å². The highest BCUT2D eigenvalue weighted by Gasteiger charge is 2.20. The van der Waals surface area contributed by atoms with Gasteiger partial charge < -0.3 is 14.4 Å². The van der Waals surface area contributed by atoms with Crippen LogP contribution in [0.2, 0.25) is 0 Å². The van der Waals surface area contributed by atoms with E-state index in [1.165, 1.54) is 12.1 Å². The van der Waals surface area contributed by atoms with Gasteiger partial charge in [-0.15, -0.1) is 0 Å². The molecule has 0 amide bonds. The third-order valence-electron chi connectivity index (χ3n) is 3.95. The molecule has 1 unspecified atom stereocenters. The van der Waals surface area contributed by atoms with E-state index in [0.29, 0.717) is 5.75 Å². The van der Waals surface area contributed by atoms with Gasteiger partial charge in [-0.3, -0.25) is 10.1 Å². The summed E-state index contributed by atoms with van der Waals surface area (Å²) in [5, 5.41) is 10.8. The molecule has 2 aromatic carbocycles. The zero-order valence-electron chi connectivity index (χ0n) is 13.9. The molecule has 6 nitrogen and oxygen atoms in total. The molecule has 2 aromatic rings. The van der Waals surface area contributed by atoms with Crippen LogP contribution in [0.1, 0.15) is 23.5 Å². The number of carbonyl (C=O) groups is 1. The Morgan fingerprint density at radius 3 is 2.38 bits per heavy atom. The first-order chi connectivity index (χ1) is 11.5. The van der Waals surface area contributed by atoms with Crippen molar-refractivity contribution in [3.63, 3.8) is 0 Å². The zero-order valence-corrected chi connectivity index (χ0v) is 13.9. The number of hydrogen-bond donors (Lipinski definition) is 0. The average molecular weight is 328 g/mol. The summed E-state index contributed by atoms with van der Waals surface area (Å²) in [6, 6.07) is 12.1. The van der Waals surface area contributed by atoms with Crippen LogP contribution in [0, 0.1) is 10.1 Å². The van der Waals surface area contributed by atoms with E-state index in [0.717, 1.165) is 23.1 Å². The Balaban J connectivity index is 2.46. The maximum atomic E-state index is 11.2. The van der Waals surface area contributed by atoms with Crippen LogP contribution >= 0.6 is 0 Å². The third-order valence-corrected chi connectivity index (χ3v) is 3.95. The van der Waals surface area contributed by atoms with Crippen molar-refractivity contribution < 1.29 is 14.5 Å². The Bertz CT molecular complexity index is 726. The van der Waals surface area contributed by atoms with Crippen LogP contribution in [0.25, 0.3) is 0 Å². The molecule has 0 aromatic heterocycles. The summed E-state index contributed by atoms with van der Waals surface area (Å²) in [5.41, 5.74) is 2.73. The lowest BCUT2D eigenvalue weighted by Crippen LogP contribution is -2.10. The quantitative estimate of drug-likeness (QED) is 0.442. The van der Waals surface area contributed by atoms with Gasteiger partial charge in [0.1, 0.15) is 12.0 Å². The molecular formula is C18H20N2O4. The highest BCUT2D eigenvalue weighted by Crippen LogP contribution is 2.36. The largest absolute Gasteiger partial charge is 0.496 e. The SMILES string of the molecule is COc1cc(N(C)C)ccc1C(CC=O)c1ccc([N+](=O)[O-])cc1. The number of benzene rings is 2. The number of nitro groups is 1. The van der Waals surface area contributed by atoms with Crippen LogP contribution in [0.4, 0.5) is 11.4 Å². The van der Waals surface area contributed by atoms with E-state index in [1.807, 2.05) is 37.2 Å². The Morgan fingerprint density at radius 2 is 1.88 bits per heavy atom. The molecule has 6 heteroatoms. The summed E-state index contributed by atoms with van der Waals surface area (Å²) in [4.78, 5) is 23.5. The number of non-ortho nitro benzene ring substituents is 1. The summed E-state index contributed by atoms with van der Waals surface area (Å²) in [5.74, 6) is 0.473. The molecule has 126 valence electrons. The molecule has 0 saturated heterocycles. The lowest BCUT2D eigenvalue weighted by atomic mass is 9.88. The van der Waals surface area contributed by atoms with E-state index in [1.54, 1.807) is 19.2 Å². The van der Waals surface area contributed by atoms with Gasteiger partial charge in [0.2, 0.25) is 0 Å². The highest BCUT2D eigenvalue weighted by atomic mass is 16.6. The first kappa shape index (κ1) is 17.5. The molecule has 0 aliphatic heterocycles. The number of hydrogen-bond acceptors (Lipinski definition) is 5. The van der Waals surface area contributed by atoms with Crippen LogP contribution in [-0.2, 0) is 4.79 Å². The molecule has 0 aliphatic rings. The Morgan fingerprint density at radius 1 is 1.21 bits per heavy atom. The van der Waals surface area contributed by atoms with Crippen molar-refractivity contribution in [1.82, 2.24) is 0 Å². The van der Waals surface area contributed by atoms with Gasteiger partial charge in [-0.2, -0.15) is 0 Å². The van der Waals surface area contributed by atoms with Crippen molar-refractivity contribution in [2.45, 2.75) is 12.3 Å². The maximum Gasteiger partial charge on any atom is 0.269 e. The van der Waals surface area contributed by atoms with Crippen molar-refractivity contribution >= 4 is 17.7 Å². The van der Waals surface area contributed by atoms with Gasteiger partial charge in [-0.1, -0.05) is 18.2 Å². The minimum Gasteiger partial charge on any atom is -0.496 e. The van der Waals surface area contributed by atoms with E-state index < -0.39 is 4.92 Å². The molecule has 0 bridgehead atoms. The zero-order chi connectivity index (χ0) is 17.7. The van der Waals surface area contributed by atoms with Crippen molar-refractivity contribution in [1.29, 1.82) is 0 Å². The van der Waals surface area contributed by atoms with Crippen LogP contribution in [0.3, 0.4) is 0 Å². The van der Waals surface area contributed by atoms with Crippen LogP contribution in [0.15, 0.2) is 42.5 Å². The first-order valence-electron chi connectivity index (χ1n) is 7.51. The third kappa shape index (κ3) is 3.71. The van der Waals surface area contributed by atoms with Gasteiger partial charge in [-0.25, -0.2) is 0 Å². The Hall–Kier alpha value is -2.89. The molecule has 0 radical (unpaired) electrons. The number of ether oxygens (including phenoxy) is 1. The lowest BCUT2D eigenvalue weighted by Gasteiger charge is -2.21. The molecule has 0 fully saturated rings. The fourth-order valence-corrected chi connectivity index (χ4v) is 2.63. The van der Waals surface area contributed by atoms with Crippen molar-refractivity contribution in [2.75, 3.05) is 26.1 Å². The fourth-order valence-electron chi connectivity index (χ4n) is 2.63. The summed E-state index contributed by atoms with van der Waals surface area (Å²) < 4.78 is 5.50. The van der Waals surface area contributed by atoms with Gasteiger partial charge in [0, 0.05) is 55.9 Å². The van der Waals surface area contributed by atoms with Gasteiger partial charge >= 0.3 is 0 Å². The molecule has 24 heavy (non-hydrogen) atoms. The lowest BCUT2D eigenvalue weighted by molar-refractivity contribution is -0.384. The number of nitrogens with zero attached hydrogens (tertiary/aromatic N) is 2. The second-order valence-electron chi connectivity index (χ2n) is 5.62. The van der Waals surface area contributed by atoms with Crippen molar-refractivity contribution in [2.24, 2.45) is 0 Å². The van der Waals surface area contributed by atoms with E-state index in [9.17, 15) is 14.9 Å². The number of methoxy groups -OCH3 is 1. The number of nitro benzene ring substituents is 1. The number of carbonyl (C=O) groups excluding carboxylic acids is 1. The standard InChI is InChI=1S/C18H20N2O4/c1-19(2)15-8-9-17(18(12-15)24-3)16(10-11-21)13-4-6-14(7-5-13)20(22)23/h4-9,11-12,16H,10H2,1-3H3. The second kappa shape index (κ2) is 7.59. The predicted octanol–water partition coefficient (Wildman–Crippen LogP) is 3.39. The monoisotopic (exact) mass is 328 g/mol. The average Bonchev–Trinajstić information content (AvgIpc) is 2.59. The summed E-state index contributed by atoms with van der Waals surface area (Å²) in [7, 11) is 5.47. The van der Waals surface area contributed by atoms with Gasteiger partial charge in [-0.05, 0) is 11.6 Å². The van der Waals surface area contributed by atoms with Gasteiger partial charge in [0.15, 0.2) is 0 Å². The smallest absolute Gasteiger partial charge is 0.269 e. The minimum atomic E-state index is -0.440. The number of rotatable bonds is 7. The van der Waals surface area contributed by atoms with Gasteiger partial charge in [0.05, 0.1) is 12.0 Å². The molecule has 0 spiro atoms. The molecule has 1 atom stereocenters. The second-order valence-corrected chi connectivity index (χ2v) is 5.62. The summed E-state index contributed by atoms with van der Waals surface area (Å²) >= 11 is 0. The van der Waals surface area contributed by atoms with Crippen LogP contribution in [-0.4, -0.2) is 32.4 Å². The highest BCUT2D eigenvalue weighted by molar-refractivity contribution is 5.59. The van der Waals surface area contributed by atoms with Crippen molar-refractivity contribution in [3.05, 3.63) is 63.7 Å². The molecule has 0 heterocycles. The van der Waals surface area contributed by atoms with Crippen molar-refractivity contribution in [3.8, 4) is 5.75 Å².